The molecule has 17 heavy (non-hydrogen) atoms. The Morgan fingerprint density at radius 1 is 1.59 bits per heavy atom. The van der Waals surface area contributed by atoms with E-state index in [9.17, 15) is 4.79 Å². The molecule has 1 aromatic carbocycles. The molecule has 0 fully saturated rings. The largest absolute Gasteiger partial charge is 0.469 e. The molecule has 0 saturated heterocycles. The Bertz CT molecular complexity index is 435. The first kappa shape index (κ1) is 13.2. The van der Waals surface area contributed by atoms with Gasteiger partial charge in [-0.3, -0.25) is 4.79 Å². The molecule has 0 saturated carbocycles. The zero-order valence-corrected chi connectivity index (χ0v) is 10.0. The first-order chi connectivity index (χ1) is 8.08. The minimum absolute atomic E-state index is 0.284. The average Bonchev–Trinajstić information content (AvgIpc) is 2.35. The highest BCUT2D eigenvalue weighted by molar-refractivity contribution is 5.73. The molecule has 4 nitrogen and oxygen atoms in total. The quantitative estimate of drug-likeness (QED) is 0.792. The van der Waals surface area contributed by atoms with Crippen LogP contribution in [0.2, 0.25) is 0 Å². The van der Waals surface area contributed by atoms with E-state index in [1.54, 1.807) is 25.1 Å². The van der Waals surface area contributed by atoms with E-state index < -0.39 is 0 Å². The number of benzene rings is 1. The third-order valence-electron chi connectivity index (χ3n) is 2.65. The molecule has 90 valence electrons. The second-order valence-corrected chi connectivity index (χ2v) is 4.01. The van der Waals surface area contributed by atoms with Gasteiger partial charge >= 0.3 is 5.97 Å². The predicted molar refractivity (Wildman–Crippen MR) is 64.0 cm³/mol. The van der Waals surface area contributed by atoms with E-state index in [0.29, 0.717) is 12.0 Å². The molecule has 0 aliphatic carbocycles. The Balaban J connectivity index is 2.86. The lowest BCUT2D eigenvalue weighted by molar-refractivity contribution is -0.146. The van der Waals surface area contributed by atoms with Crippen molar-refractivity contribution in [1.29, 1.82) is 5.26 Å². The van der Waals surface area contributed by atoms with E-state index >= 15 is 0 Å². The summed E-state index contributed by atoms with van der Waals surface area (Å²) in [6.07, 6.45) is 0.486. The third kappa shape index (κ3) is 3.58. The Morgan fingerprint density at radius 3 is 2.82 bits per heavy atom. The van der Waals surface area contributed by atoms with Crippen molar-refractivity contribution in [2.45, 2.75) is 19.4 Å². The highest BCUT2D eigenvalue weighted by Crippen LogP contribution is 2.14. The summed E-state index contributed by atoms with van der Waals surface area (Å²) in [7, 11) is 1.35. The maximum absolute atomic E-state index is 11.5. The number of hydrogen-bond donors (Lipinski definition) is 1. The predicted octanol–water partition coefficient (Wildman–Crippen LogP) is 1.24. The highest BCUT2D eigenvalue weighted by atomic mass is 16.5. The van der Waals surface area contributed by atoms with Crippen LogP contribution in [0, 0.1) is 17.2 Å². The fourth-order valence-corrected chi connectivity index (χ4v) is 1.66. The Labute approximate surface area is 101 Å². The van der Waals surface area contributed by atoms with Crippen LogP contribution < -0.4 is 5.73 Å². The normalized spacial score (nSPS) is 13.5. The Kier molecular flexibility index (Phi) is 4.68. The molecule has 4 heteroatoms. The minimum atomic E-state index is -0.381. The number of methoxy groups -OCH3 is 1. The SMILES string of the molecule is COC(=O)C(Cc1cccc(C#N)c1)[C@@H](C)N. The Hall–Kier alpha value is -1.86. The summed E-state index contributed by atoms with van der Waals surface area (Å²) in [5.74, 6) is -0.698. The molecule has 0 bridgehead atoms. The maximum Gasteiger partial charge on any atom is 0.310 e. The van der Waals surface area contributed by atoms with Crippen molar-refractivity contribution in [1.82, 2.24) is 0 Å². The van der Waals surface area contributed by atoms with Crippen LogP contribution in [0.15, 0.2) is 24.3 Å². The number of ether oxygens (including phenoxy) is 1. The number of carbonyl (C=O) groups is 1. The van der Waals surface area contributed by atoms with E-state index in [0.717, 1.165) is 5.56 Å². The van der Waals surface area contributed by atoms with Gasteiger partial charge in [0.15, 0.2) is 0 Å². The van der Waals surface area contributed by atoms with Gasteiger partial charge in [0.05, 0.1) is 24.7 Å². The molecule has 0 amide bonds. The van der Waals surface area contributed by atoms with Crippen LogP contribution in [0.5, 0.6) is 0 Å². The highest BCUT2D eigenvalue weighted by Gasteiger charge is 2.23. The first-order valence-electron chi connectivity index (χ1n) is 5.41. The van der Waals surface area contributed by atoms with Gasteiger partial charge in [-0.15, -0.1) is 0 Å². The summed E-state index contributed by atoms with van der Waals surface area (Å²) in [5, 5.41) is 8.79. The molecule has 1 rings (SSSR count). The molecule has 1 aromatic rings. The van der Waals surface area contributed by atoms with E-state index in [1.165, 1.54) is 7.11 Å². The van der Waals surface area contributed by atoms with Gasteiger partial charge in [0.25, 0.3) is 0 Å². The van der Waals surface area contributed by atoms with E-state index in [1.807, 2.05) is 6.07 Å². The van der Waals surface area contributed by atoms with Gasteiger partial charge in [0, 0.05) is 6.04 Å². The van der Waals surface area contributed by atoms with Crippen molar-refractivity contribution in [3.05, 3.63) is 35.4 Å². The van der Waals surface area contributed by atoms with Gasteiger partial charge in [0.2, 0.25) is 0 Å². The molecule has 0 radical (unpaired) electrons. The average molecular weight is 232 g/mol. The lowest BCUT2D eigenvalue weighted by Crippen LogP contribution is -2.35. The number of esters is 1. The summed E-state index contributed by atoms with van der Waals surface area (Å²) < 4.78 is 4.72. The van der Waals surface area contributed by atoms with Crippen LogP contribution in [-0.4, -0.2) is 19.1 Å². The summed E-state index contributed by atoms with van der Waals surface area (Å²) in [5.41, 5.74) is 7.26. The Morgan fingerprint density at radius 2 is 2.29 bits per heavy atom. The van der Waals surface area contributed by atoms with Gasteiger partial charge in [-0.05, 0) is 31.0 Å². The summed E-state index contributed by atoms with van der Waals surface area (Å²) in [4.78, 5) is 11.5. The second kappa shape index (κ2) is 6.02. The number of nitriles is 1. The van der Waals surface area contributed by atoms with Crippen LogP contribution in [0.25, 0.3) is 0 Å². The van der Waals surface area contributed by atoms with Crippen molar-refractivity contribution in [2.75, 3.05) is 7.11 Å². The van der Waals surface area contributed by atoms with Crippen molar-refractivity contribution < 1.29 is 9.53 Å². The topological polar surface area (TPSA) is 76.1 Å². The van der Waals surface area contributed by atoms with Crippen molar-refractivity contribution in [3.63, 3.8) is 0 Å². The molecule has 2 N–H and O–H groups in total. The molecule has 0 aliphatic rings. The first-order valence-corrected chi connectivity index (χ1v) is 5.41. The van der Waals surface area contributed by atoms with E-state index in [-0.39, 0.29) is 17.9 Å². The third-order valence-corrected chi connectivity index (χ3v) is 2.65. The molecule has 0 aliphatic heterocycles. The molecular formula is C13H16N2O2. The zero-order valence-electron chi connectivity index (χ0n) is 10.0. The number of rotatable bonds is 4. The smallest absolute Gasteiger partial charge is 0.310 e. The molecule has 0 aromatic heterocycles. The molecule has 0 spiro atoms. The fourth-order valence-electron chi connectivity index (χ4n) is 1.66. The number of nitrogens with two attached hydrogens (primary N) is 1. The molecule has 1 unspecified atom stereocenters. The number of hydrogen-bond acceptors (Lipinski definition) is 4. The van der Waals surface area contributed by atoms with Crippen molar-refractivity contribution in [2.24, 2.45) is 11.7 Å². The van der Waals surface area contributed by atoms with Crippen molar-refractivity contribution >= 4 is 5.97 Å². The van der Waals surface area contributed by atoms with Gasteiger partial charge in [-0.2, -0.15) is 5.26 Å². The lowest BCUT2D eigenvalue weighted by Gasteiger charge is -2.18. The van der Waals surface area contributed by atoms with Crippen molar-refractivity contribution in [3.8, 4) is 6.07 Å². The summed E-state index contributed by atoms with van der Waals surface area (Å²) in [6.45, 7) is 1.77. The second-order valence-electron chi connectivity index (χ2n) is 4.01. The van der Waals surface area contributed by atoms with E-state index in [2.05, 4.69) is 6.07 Å². The molecular weight excluding hydrogens is 216 g/mol. The molecule has 0 heterocycles. The van der Waals surface area contributed by atoms with Crippen LogP contribution >= 0.6 is 0 Å². The maximum atomic E-state index is 11.5. The van der Waals surface area contributed by atoms with Crippen LogP contribution in [0.4, 0.5) is 0 Å². The van der Waals surface area contributed by atoms with Gasteiger partial charge in [-0.25, -0.2) is 0 Å². The number of nitrogens with zero attached hydrogens (tertiary/aromatic N) is 1. The summed E-state index contributed by atoms with van der Waals surface area (Å²) in [6, 6.07) is 8.94. The van der Waals surface area contributed by atoms with Gasteiger partial charge < -0.3 is 10.5 Å². The lowest BCUT2D eigenvalue weighted by atomic mass is 9.93. The standard InChI is InChI=1S/C13H16N2O2/c1-9(15)12(13(16)17-2)7-10-4-3-5-11(6-10)8-14/h3-6,9,12H,7,15H2,1-2H3/t9-,12?/m1/s1. The fraction of sp³-hybridized carbons (Fsp3) is 0.385. The van der Waals surface area contributed by atoms with Gasteiger partial charge in [0.1, 0.15) is 0 Å². The minimum Gasteiger partial charge on any atom is -0.469 e. The van der Waals surface area contributed by atoms with Crippen LogP contribution in [-0.2, 0) is 16.0 Å². The number of carbonyl (C=O) groups excluding carboxylic acids is 1. The monoisotopic (exact) mass is 232 g/mol. The molecule has 2 atom stereocenters. The van der Waals surface area contributed by atoms with Crippen LogP contribution in [0.1, 0.15) is 18.1 Å². The van der Waals surface area contributed by atoms with Gasteiger partial charge in [-0.1, -0.05) is 12.1 Å². The van der Waals surface area contributed by atoms with Crippen LogP contribution in [0.3, 0.4) is 0 Å². The zero-order chi connectivity index (χ0) is 12.8. The van der Waals surface area contributed by atoms with E-state index in [4.69, 9.17) is 15.7 Å². The summed E-state index contributed by atoms with van der Waals surface area (Å²) >= 11 is 0.